The molecule has 0 saturated carbocycles. The van der Waals surface area contributed by atoms with Crippen molar-refractivity contribution in [2.24, 2.45) is 15.8 Å². The number of nitrogens with zero attached hydrogens (tertiary/aromatic N) is 2. The highest BCUT2D eigenvalue weighted by molar-refractivity contribution is 5.99. The third kappa shape index (κ3) is 4.45. The molecule has 0 fully saturated rings. The molecule has 0 aromatic rings. The van der Waals surface area contributed by atoms with Crippen LogP contribution in [0.5, 0.6) is 0 Å². The van der Waals surface area contributed by atoms with E-state index in [-0.39, 0.29) is 10.8 Å². The quantitative estimate of drug-likeness (QED) is 0.485. The van der Waals surface area contributed by atoms with Gasteiger partial charge in [0.25, 0.3) is 0 Å². The summed E-state index contributed by atoms with van der Waals surface area (Å²) in [5, 5.41) is 7.93. The Morgan fingerprint density at radius 2 is 1.33 bits per heavy atom. The third-order valence-electron chi connectivity index (χ3n) is 2.02. The van der Waals surface area contributed by atoms with Gasteiger partial charge in [0.15, 0.2) is 0 Å². The summed E-state index contributed by atoms with van der Waals surface area (Å²) in [7, 11) is 3.94. The van der Waals surface area contributed by atoms with Crippen molar-refractivity contribution in [1.82, 2.24) is 4.90 Å². The fourth-order valence-corrected chi connectivity index (χ4v) is 1.21. The molecule has 0 aliphatic rings. The number of hydrogen-bond acceptors (Lipinski definition) is 1. The van der Waals surface area contributed by atoms with Crippen molar-refractivity contribution in [3.8, 4) is 0 Å². The first kappa shape index (κ1) is 14.1. The Balaban J connectivity index is 5.13. The van der Waals surface area contributed by atoms with E-state index in [1.807, 2.05) is 39.8 Å². The van der Waals surface area contributed by atoms with Crippen LogP contribution in [0, 0.1) is 16.2 Å². The van der Waals surface area contributed by atoms with Gasteiger partial charge in [0, 0.05) is 24.9 Å². The van der Waals surface area contributed by atoms with Gasteiger partial charge in [-0.1, -0.05) is 41.5 Å². The predicted molar refractivity (Wildman–Crippen MR) is 67.8 cm³/mol. The summed E-state index contributed by atoms with van der Waals surface area (Å²) in [4.78, 5) is 6.43. The largest absolute Gasteiger partial charge is 0.366 e. The molecule has 0 aromatic carbocycles. The maximum absolute atomic E-state index is 7.93. The maximum atomic E-state index is 7.93. The molecule has 0 unspecified atom stereocenters. The second kappa shape index (κ2) is 4.33. The van der Waals surface area contributed by atoms with Gasteiger partial charge in [0.05, 0.1) is 0 Å². The molecule has 0 amide bonds. The summed E-state index contributed by atoms with van der Waals surface area (Å²) in [5.41, 5.74) is -0.215. The highest BCUT2D eigenvalue weighted by Crippen LogP contribution is 2.21. The van der Waals surface area contributed by atoms with Crippen LogP contribution < -0.4 is 0 Å². The van der Waals surface area contributed by atoms with Gasteiger partial charge in [-0.05, 0) is 0 Å². The number of aliphatic imine (C=N–C) groups is 1. The molecule has 0 rings (SSSR count). The third-order valence-corrected chi connectivity index (χ3v) is 2.02. The molecule has 0 radical (unpaired) electrons. The van der Waals surface area contributed by atoms with Crippen LogP contribution in [-0.4, -0.2) is 30.7 Å². The monoisotopic (exact) mass is 211 g/mol. The Morgan fingerprint density at radius 3 is 1.53 bits per heavy atom. The van der Waals surface area contributed by atoms with Gasteiger partial charge in [0.1, 0.15) is 11.7 Å². The molecule has 0 atom stereocenters. The molecule has 0 aliphatic heterocycles. The smallest absolute Gasteiger partial charge is 0.127 e. The van der Waals surface area contributed by atoms with E-state index >= 15 is 0 Å². The summed E-state index contributed by atoms with van der Waals surface area (Å²) in [5.74, 6) is 1.38. The average molecular weight is 211 g/mol. The Bertz CT molecular complexity index is 262. The zero-order valence-corrected chi connectivity index (χ0v) is 11.4. The van der Waals surface area contributed by atoms with Crippen LogP contribution >= 0.6 is 0 Å². The minimum atomic E-state index is -0.188. The van der Waals surface area contributed by atoms with Crippen molar-refractivity contribution in [3.63, 3.8) is 0 Å². The van der Waals surface area contributed by atoms with Crippen molar-refractivity contribution >= 4 is 11.7 Å². The second-order valence-electron chi connectivity index (χ2n) is 6.18. The Hall–Kier alpha value is -0.860. The number of amidine groups is 2. The van der Waals surface area contributed by atoms with Crippen molar-refractivity contribution in [2.75, 3.05) is 14.1 Å². The molecule has 0 aromatic heterocycles. The first-order valence-corrected chi connectivity index (χ1v) is 5.32. The van der Waals surface area contributed by atoms with Crippen LogP contribution in [0.15, 0.2) is 4.99 Å². The first-order chi connectivity index (χ1) is 6.46. The lowest BCUT2D eigenvalue weighted by Gasteiger charge is -2.29. The topological polar surface area (TPSA) is 39.5 Å². The first-order valence-electron chi connectivity index (χ1n) is 5.32. The van der Waals surface area contributed by atoms with E-state index in [1.54, 1.807) is 0 Å². The van der Waals surface area contributed by atoms with E-state index in [0.29, 0.717) is 5.84 Å². The number of rotatable bonds is 0. The molecule has 1 N–H and O–H groups in total. The summed E-state index contributed by atoms with van der Waals surface area (Å²) in [6.45, 7) is 12.4. The maximum Gasteiger partial charge on any atom is 0.127 e. The zero-order chi connectivity index (χ0) is 12.4. The van der Waals surface area contributed by atoms with Gasteiger partial charge in [-0.2, -0.15) is 0 Å². The van der Waals surface area contributed by atoms with Crippen LogP contribution in [0.4, 0.5) is 0 Å². The molecule has 0 bridgehead atoms. The van der Waals surface area contributed by atoms with E-state index in [0.717, 1.165) is 5.84 Å². The van der Waals surface area contributed by atoms with Crippen molar-refractivity contribution < 1.29 is 0 Å². The van der Waals surface area contributed by atoms with Crippen LogP contribution in [0.2, 0.25) is 0 Å². The van der Waals surface area contributed by atoms with Crippen molar-refractivity contribution in [1.29, 1.82) is 5.41 Å². The van der Waals surface area contributed by atoms with Crippen molar-refractivity contribution in [3.05, 3.63) is 0 Å². The van der Waals surface area contributed by atoms with Crippen LogP contribution in [-0.2, 0) is 0 Å². The lowest BCUT2D eigenvalue weighted by molar-refractivity contribution is 0.479. The van der Waals surface area contributed by atoms with E-state index in [9.17, 15) is 0 Å². The standard InChI is InChI=1S/C12H25N3/c1-11(2,3)9(13)14-10(15(7)8)12(4,5)6/h13H,1-8H3. The van der Waals surface area contributed by atoms with E-state index in [4.69, 9.17) is 5.41 Å². The number of hydrogen-bond donors (Lipinski definition) is 1. The molecule has 88 valence electrons. The molecule has 0 aliphatic carbocycles. The van der Waals surface area contributed by atoms with Gasteiger partial charge in [0.2, 0.25) is 0 Å². The fraction of sp³-hybridized carbons (Fsp3) is 0.833. The van der Waals surface area contributed by atoms with Gasteiger partial charge in [-0.25, -0.2) is 4.99 Å². The zero-order valence-electron chi connectivity index (χ0n) is 11.4. The molecule has 0 saturated heterocycles. The lowest BCUT2D eigenvalue weighted by Crippen LogP contribution is -2.36. The molecule has 0 heterocycles. The summed E-state index contributed by atoms with van der Waals surface area (Å²) in [6, 6.07) is 0. The Labute approximate surface area is 94.1 Å². The second-order valence-corrected chi connectivity index (χ2v) is 6.18. The molecule has 3 nitrogen and oxygen atoms in total. The van der Waals surface area contributed by atoms with Gasteiger partial charge in [-0.15, -0.1) is 0 Å². The summed E-state index contributed by atoms with van der Waals surface area (Å²) >= 11 is 0. The van der Waals surface area contributed by atoms with E-state index in [2.05, 4.69) is 25.8 Å². The molecular weight excluding hydrogens is 186 g/mol. The summed E-state index contributed by atoms with van der Waals surface area (Å²) in [6.07, 6.45) is 0. The Morgan fingerprint density at radius 1 is 0.933 bits per heavy atom. The van der Waals surface area contributed by atoms with Crippen LogP contribution in [0.3, 0.4) is 0 Å². The van der Waals surface area contributed by atoms with Crippen molar-refractivity contribution in [2.45, 2.75) is 41.5 Å². The summed E-state index contributed by atoms with van der Waals surface area (Å²) < 4.78 is 0. The Kier molecular flexibility index (Phi) is 4.08. The predicted octanol–water partition coefficient (Wildman–Crippen LogP) is 3.02. The average Bonchev–Trinajstić information content (AvgIpc) is 1.94. The van der Waals surface area contributed by atoms with Gasteiger partial charge < -0.3 is 4.90 Å². The van der Waals surface area contributed by atoms with Gasteiger partial charge in [-0.3, -0.25) is 5.41 Å². The highest BCUT2D eigenvalue weighted by Gasteiger charge is 2.24. The normalized spacial score (nSPS) is 14.0. The minimum Gasteiger partial charge on any atom is -0.366 e. The molecule has 15 heavy (non-hydrogen) atoms. The SMILES string of the molecule is CN(C)C(=NC(=N)C(C)(C)C)C(C)(C)C. The molecule has 3 heteroatoms. The number of nitrogens with one attached hydrogen (secondary N) is 1. The molecular formula is C12H25N3. The van der Waals surface area contributed by atoms with Crippen LogP contribution in [0.25, 0.3) is 0 Å². The van der Waals surface area contributed by atoms with Crippen LogP contribution in [0.1, 0.15) is 41.5 Å². The highest BCUT2D eigenvalue weighted by atomic mass is 15.2. The molecule has 0 spiro atoms. The van der Waals surface area contributed by atoms with E-state index in [1.165, 1.54) is 0 Å². The fourth-order valence-electron chi connectivity index (χ4n) is 1.21. The van der Waals surface area contributed by atoms with E-state index < -0.39 is 0 Å². The van der Waals surface area contributed by atoms with Gasteiger partial charge >= 0.3 is 0 Å². The lowest BCUT2D eigenvalue weighted by atomic mass is 9.92. The minimum absolute atomic E-state index is 0.0267.